The van der Waals surface area contributed by atoms with E-state index < -0.39 is 0 Å². The van der Waals surface area contributed by atoms with Crippen LogP contribution in [0.4, 0.5) is 0 Å². The first-order chi connectivity index (χ1) is 15.0. The van der Waals surface area contributed by atoms with Gasteiger partial charge in [-0.15, -0.1) is 5.10 Å². The van der Waals surface area contributed by atoms with E-state index in [1.807, 2.05) is 10.7 Å². The Hall–Kier alpha value is -2.58. The van der Waals surface area contributed by atoms with Gasteiger partial charge in [0, 0.05) is 42.6 Å². The third-order valence-electron chi connectivity index (χ3n) is 6.97. The van der Waals surface area contributed by atoms with Crippen molar-refractivity contribution in [1.82, 2.24) is 35.0 Å². The fourth-order valence-corrected chi connectivity index (χ4v) is 5.26. The zero-order chi connectivity index (χ0) is 21.5. The molecule has 31 heavy (non-hydrogen) atoms. The smallest absolute Gasteiger partial charge is 0.253 e. The number of nitrogens with one attached hydrogen (secondary N) is 1. The highest BCUT2D eigenvalue weighted by atomic mass is 16.1. The fourth-order valence-electron chi connectivity index (χ4n) is 5.26. The van der Waals surface area contributed by atoms with Gasteiger partial charge in [-0.1, -0.05) is 18.9 Å². The first kappa shape index (κ1) is 20.3. The molecular formula is C23H31N7O. The van der Waals surface area contributed by atoms with Crippen LogP contribution in [0.2, 0.25) is 0 Å². The molecule has 8 nitrogen and oxygen atoms in total. The summed E-state index contributed by atoms with van der Waals surface area (Å²) in [6.45, 7) is 7.84. The number of rotatable bonds is 4. The van der Waals surface area contributed by atoms with E-state index in [0.717, 1.165) is 66.9 Å². The number of fused-ring (bicyclic) bond motifs is 1. The van der Waals surface area contributed by atoms with E-state index in [9.17, 15) is 4.79 Å². The van der Waals surface area contributed by atoms with Gasteiger partial charge in [-0.25, -0.2) is 4.68 Å². The predicted molar refractivity (Wildman–Crippen MR) is 120 cm³/mol. The van der Waals surface area contributed by atoms with Gasteiger partial charge in [0.25, 0.3) is 5.56 Å². The normalized spacial score (nSPS) is 20.0. The maximum Gasteiger partial charge on any atom is 0.253 e. The number of piperazine rings is 1. The summed E-state index contributed by atoms with van der Waals surface area (Å²) in [7, 11) is 2.14. The lowest BCUT2D eigenvalue weighted by atomic mass is 9.99. The van der Waals surface area contributed by atoms with Crippen LogP contribution in [0.25, 0.3) is 10.9 Å². The number of nitrogens with zero attached hydrogens (tertiary/aromatic N) is 6. The van der Waals surface area contributed by atoms with Crippen molar-refractivity contribution in [2.45, 2.75) is 51.6 Å². The van der Waals surface area contributed by atoms with E-state index in [4.69, 9.17) is 0 Å². The van der Waals surface area contributed by atoms with E-state index in [2.05, 4.69) is 63.3 Å². The number of aryl methyl sites for hydroxylation is 2. The first-order valence-corrected chi connectivity index (χ1v) is 11.4. The molecule has 1 unspecified atom stereocenters. The standard InChI is InChI=1S/C23H31N7O/c1-15-12-16(2)18-14-19(23(31)24-20(18)13-15)21(29-10-8-28(3)9-11-29)22-25-26-27-30(22)17-6-4-5-7-17/h12-14,17,21H,4-11H2,1-3H3,(H,24,31). The van der Waals surface area contributed by atoms with Crippen LogP contribution in [-0.4, -0.2) is 68.2 Å². The Morgan fingerprint density at radius 2 is 1.81 bits per heavy atom. The molecular weight excluding hydrogens is 390 g/mol. The van der Waals surface area contributed by atoms with Crippen LogP contribution in [0, 0.1) is 13.8 Å². The molecule has 0 spiro atoms. The Morgan fingerprint density at radius 3 is 2.55 bits per heavy atom. The van der Waals surface area contributed by atoms with Gasteiger partial charge in [0.1, 0.15) is 6.04 Å². The molecule has 3 aromatic rings. The number of hydrogen-bond acceptors (Lipinski definition) is 6. The van der Waals surface area contributed by atoms with Crippen molar-refractivity contribution in [1.29, 1.82) is 0 Å². The summed E-state index contributed by atoms with van der Waals surface area (Å²) in [5.74, 6) is 0.797. The number of pyridine rings is 1. The van der Waals surface area contributed by atoms with Crippen molar-refractivity contribution < 1.29 is 0 Å². The molecule has 1 aliphatic heterocycles. The molecule has 3 heterocycles. The molecule has 1 saturated carbocycles. The Labute approximate surface area is 182 Å². The Balaban J connectivity index is 1.66. The highest BCUT2D eigenvalue weighted by Gasteiger charge is 2.34. The van der Waals surface area contributed by atoms with Crippen molar-refractivity contribution in [3.05, 3.63) is 51.1 Å². The summed E-state index contributed by atoms with van der Waals surface area (Å²) in [5.41, 5.74) is 3.88. The second kappa shape index (κ2) is 8.16. The van der Waals surface area contributed by atoms with Crippen LogP contribution < -0.4 is 5.56 Å². The predicted octanol–water partition coefficient (Wildman–Crippen LogP) is 2.58. The highest BCUT2D eigenvalue weighted by molar-refractivity contribution is 5.83. The van der Waals surface area contributed by atoms with Crippen molar-refractivity contribution in [3.8, 4) is 0 Å². The molecule has 0 radical (unpaired) electrons. The van der Waals surface area contributed by atoms with Crippen LogP contribution >= 0.6 is 0 Å². The van der Waals surface area contributed by atoms with E-state index in [0.29, 0.717) is 6.04 Å². The Morgan fingerprint density at radius 1 is 1.06 bits per heavy atom. The molecule has 8 heteroatoms. The van der Waals surface area contributed by atoms with Crippen molar-refractivity contribution in [2.24, 2.45) is 0 Å². The lowest BCUT2D eigenvalue weighted by Crippen LogP contribution is -2.47. The topological polar surface area (TPSA) is 82.9 Å². The number of tetrazole rings is 1. The summed E-state index contributed by atoms with van der Waals surface area (Å²) >= 11 is 0. The maximum absolute atomic E-state index is 13.4. The van der Waals surface area contributed by atoms with Gasteiger partial charge in [0.15, 0.2) is 5.82 Å². The average molecular weight is 422 g/mol. The molecule has 5 rings (SSSR count). The largest absolute Gasteiger partial charge is 0.322 e. The second-order valence-corrected chi connectivity index (χ2v) is 9.26. The van der Waals surface area contributed by atoms with E-state index in [1.54, 1.807) is 0 Å². The van der Waals surface area contributed by atoms with E-state index in [-0.39, 0.29) is 11.6 Å². The third kappa shape index (κ3) is 3.78. The Kier molecular flexibility index (Phi) is 5.35. The summed E-state index contributed by atoms with van der Waals surface area (Å²) in [5, 5.41) is 14.0. The van der Waals surface area contributed by atoms with E-state index in [1.165, 1.54) is 18.4 Å². The first-order valence-electron chi connectivity index (χ1n) is 11.4. The number of hydrogen-bond donors (Lipinski definition) is 1. The molecule has 1 atom stereocenters. The summed E-state index contributed by atoms with van der Waals surface area (Å²) in [6, 6.07) is 6.35. The van der Waals surface area contributed by atoms with Gasteiger partial charge in [0.05, 0.1) is 6.04 Å². The van der Waals surface area contributed by atoms with Gasteiger partial charge < -0.3 is 9.88 Å². The minimum absolute atomic E-state index is 0.0533. The molecule has 0 amide bonds. The van der Waals surface area contributed by atoms with Crippen LogP contribution in [0.1, 0.15) is 60.3 Å². The highest BCUT2D eigenvalue weighted by Crippen LogP contribution is 2.34. The van der Waals surface area contributed by atoms with Gasteiger partial charge in [-0.2, -0.15) is 0 Å². The van der Waals surface area contributed by atoms with E-state index >= 15 is 0 Å². The summed E-state index contributed by atoms with van der Waals surface area (Å²) in [4.78, 5) is 21.2. The van der Waals surface area contributed by atoms with Crippen LogP contribution in [0.5, 0.6) is 0 Å². The Bertz CT molecular complexity index is 1140. The number of aromatic amines is 1. The van der Waals surface area contributed by atoms with Crippen molar-refractivity contribution in [2.75, 3.05) is 33.2 Å². The molecule has 2 aromatic heterocycles. The average Bonchev–Trinajstić information content (AvgIpc) is 3.42. The quantitative estimate of drug-likeness (QED) is 0.697. The zero-order valence-electron chi connectivity index (χ0n) is 18.6. The molecule has 164 valence electrons. The minimum atomic E-state index is -0.252. The number of H-pyrrole nitrogens is 1. The molecule has 1 aliphatic carbocycles. The van der Waals surface area contributed by atoms with Gasteiger partial charge >= 0.3 is 0 Å². The molecule has 1 aromatic carbocycles. The molecule has 2 aliphatic rings. The monoisotopic (exact) mass is 421 g/mol. The number of likely N-dealkylation sites (N-methyl/N-ethyl adjacent to an activating group) is 1. The lowest BCUT2D eigenvalue weighted by Gasteiger charge is -2.37. The minimum Gasteiger partial charge on any atom is -0.322 e. The fraction of sp³-hybridized carbons (Fsp3) is 0.565. The molecule has 1 saturated heterocycles. The van der Waals surface area contributed by atoms with Crippen molar-refractivity contribution in [3.63, 3.8) is 0 Å². The third-order valence-corrected chi connectivity index (χ3v) is 6.97. The lowest BCUT2D eigenvalue weighted by molar-refractivity contribution is 0.120. The molecule has 0 bridgehead atoms. The van der Waals surface area contributed by atoms with Crippen LogP contribution in [-0.2, 0) is 0 Å². The van der Waals surface area contributed by atoms with Crippen molar-refractivity contribution >= 4 is 10.9 Å². The van der Waals surface area contributed by atoms with Crippen LogP contribution in [0.15, 0.2) is 23.0 Å². The summed E-state index contributed by atoms with van der Waals surface area (Å²) in [6.07, 6.45) is 4.61. The molecule has 1 N–H and O–H groups in total. The van der Waals surface area contributed by atoms with Crippen LogP contribution in [0.3, 0.4) is 0 Å². The van der Waals surface area contributed by atoms with Gasteiger partial charge in [-0.3, -0.25) is 9.69 Å². The van der Waals surface area contributed by atoms with Gasteiger partial charge in [-0.05, 0) is 67.4 Å². The number of aromatic nitrogens is 5. The summed E-state index contributed by atoms with van der Waals surface area (Å²) < 4.78 is 2.00. The maximum atomic E-state index is 13.4. The molecule has 2 fully saturated rings. The SMILES string of the molecule is Cc1cc(C)c2cc(C(c3nnnn3C3CCCC3)N3CCN(C)CC3)c(=O)[nH]c2c1. The zero-order valence-corrected chi connectivity index (χ0v) is 18.6. The second-order valence-electron chi connectivity index (χ2n) is 9.26. The number of benzene rings is 1. The van der Waals surface area contributed by atoms with Gasteiger partial charge in [0.2, 0.25) is 0 Å².